The van der Waals surface area contributed by atoms with Crippen molar-refractivity contribution in [1.82, 2.24) is 15.0 Å². The number of hydrogen-bond acceptors (Lipinski definition) is 4. The molecule has 0 aliphatic carbocycles. The zero-order valence-electron chi connectivity index (χ0n) is 27.5. The summed E-state index contributed by atoms with van der Waals surface area (Å²) in [5, 5.41) is 6.81. The third kappa shape index (κ3) is 5.31. The van der Waals surface area contributed by atoms with E-state index in [0.29, 0.717) is 17.5 Å². The highest BCUT2D eigenvalue weighted by Gasteiger charge is 2.16. The van der Waals surface area contributed by atoms with Gasteiger partial charge < -0.3 is 4.42 Å². The molecule has 10 aromatic rings. The van der Waals surface area contributed by atoms with Crippen molar-refractivity contribution in [3.05, 3.63) is 176 Å². The number of nitrogens with zero attached hydrogens (tertiary/aromatic N) is 3. The second-order valence-electron chi connectivity index (χ2n) is 12.9. The molecule has 2 aromatic heterocycles. The lowest BCUT2D eigenvalue weighted by Crippen LogP contribution is -2.00. The minimum absolute atomic E-state index is 0.594. The molecule has 0 bridgehead atoms. The van der Waals surface area contributed by atoms with E-state index in [1.807, 2.05) is 12.1 Å². The van der Waals surface area contributed by atoms with Gasteiger partial charge in [0.15, 0.2) is 17.5 Å². The third-order valence-electron chi connectivity index (χ3n) is 9.71. The van der Waals surface area contributed by atoms with Crippen LogP contribution in [0, 0.1) is 0 Å². The van der Waals surface area contributed by atoms with Crippen molar-refractivity contribution < 1.29 is 4.42 Å². The maximum absolute atomic E-state index is 6.42. The third-order valence-corrected chi connectivity index (χ3v) is 9.71. The fraction of sp³-hybridized carbons (Fsp3) is 0. The van der Waals surface area contributed by atoms with Gasteiger partial charge in [0.2, 0.25) is 0 Å². The SMILES string of the molecule is c1ccc(-c2ccc(-c3ccc(-c4nc(-c5ccc6ccccc6c5)nc(-c5ccc6c(c5)oc5cc7ccccc7cc56)n4)cc3)cc2)cc1. The summed E-state index contributed by atoms with van der Waals surface area (Å²) in [6.07, 6.45) is 0. The number of benzene rings is 8. The largest absolute Gasteiger partial charge is 0.456 e. The summed E-state index contributed by atoms with van der Waals surface area (Å²) in [4.78, 5) is 15.1. The van der Waals surface area contributed by atoms with Crippen molar-refractivity contribution in [2.24, 2.45) is 0 Å². The number of hydrogen-bond donors (Lipinski definition) is 0. The molecule has 4 heteroatoms. The van der Waals surface area contributed by atoms with Gasteiger partial charge in [-0.3, -0.25) is 0 Å². The number of fused-ring (bicyclic) bond motifs is 5. The summed E-state index contributed by atoms with van der Waals surface area (Å²) in [6.45, 7) is 0. The highest BCUT2D eigenvalue weighted by atomic mass is 16.3. The maximum atomic E-state index is 6.42. The molecule has 51 heavy (non-hydrogen) atoms. The van der Waals surface area contributed by atoms with Crippen LogP contribution in [0.3, 0.4) is 0 Å². The highest BCUT2D eigenvalue weighted by Crippen LogP contribution is 2.35. The minimum atomic E-state index is 0.594. The standard InChI is InChI=1S/C47H29N3O/c1-2-8-30(9-3-1)32-14-16-33(17-15-32)34-18-21-35(22-19-34)45-48-46(39-23-20-31-10-4-5-11-36(31)26-39)50-47(49-45)40-24-25-41-42-27-37-12-6-7-13-38(37)28-44(42)51-43(41)29-40/h1-29H. The van der Waals surface area contributed by atoms with Crippen molar-refractivity contribution in [3.63, 3.8) is 0 Å². The van der Waals surface area contributed by atoms with Gasteiger partial charge in [-0.25, -0.2) is 15.0 Å². The Bertz CT molecular complexity index is 2890. The summed E-state index contributed by atoms with van der Waals surface area (Å²) in [6, 6.07) is 61.2. The first-order valence-corrected chi connectivity index (χ1v) is 17.1. The van der Waals surface area contributed by atoms with Crippen LogP contribution < -0.4 is 0 Å². The van der Waals surface area contributed by atoms with Gasteiger partial charge >= 0.3 is 0 Å². The lowest BCUT2D eigenvalue weighted by Gasteiger charge is -2.10. The monoisotopic (exact) mass is 651 g/mol. The molecular weight excluding hydrogens is 623 g/mol. The maximum Gasteiger partial charge on any atom is 0.164 e. The number of aromatic nitrogens is 3. The second kappa shape index (κ2) is 11.9. The van der Waals surface area contributed by atoms with Gasteiger partial charge in [-0.2, -0.15) is 0 Å². The molecule has 0 aliphatic heterocycles. The Hall–Kier alpha value is -6.91. The smallest absolute Gasteiger partial charge is 0.164 e. The Morgan fingerprint density at radius 1 is 0.275 bits per heavy atom. The minimum Gasteiger partial charge on any atom is -0.456 e. The molecule has 2 heterocycles. The zero-order chi connectivity index (χ0) is 33.7. The van der Waals surface area contributed by atoms with Gasteiger partial charge in [0.1, 0.15) is 11.2 Å². The van der Waals surface area contributed by atoms with Gasteiger partial charge in [-0.15, -0.1) is 0 Å². The first-order chi connectivity index (χ1) is 25.2. The van der Waals surface area contributed by atoms with Gasteiger partial charge in [-0.05, 0) is 74.1 Å². The van der Waals surface area contributed by atoms with Gasteiger partial charge in [-0.1, -0.05) is 146 Å². The molecule has 0 atom stereocenters. The molecule has 0 spiro atoms. The molecule has 238 valence electrons. The van der Waals surface area contributed by atoms with E-state index in [1.165, 1.54) is 21.9 Å². The Balaban J connectivity index is 1.06. The number of furan rings is 1. The predicted molar refractivity (Wildman–Crippen MR) is 209 cm³/mol. The summed E-state index contributed by atoms with van der Waals surface area (Å²) in [7, 11) is 0. The first kappa shape index (κ1) is 29.0. The quantitative estimate of drug-likeness (QED) is 0.186. The summed E-state index contributed by atoms with van der Waals surface area (Å²) in [5.41, 5.74) is 9.08. The first-order valence-electron chi connectivity index (χ1n) is 17.1. The molecule has 0 fully saturated rings. The van der Waals surface area contributed by atoms with E-state index in [1.54, 1.807) is 0 Å². The van der Waals surface area contributed by atoms with Crippen LogP contribution in [0.25, 0.3) is 99.9 Å². The molecule has 0 saturated heterocycles. The summed E-state index contributed by atoms with van der Waals surface area (Å²) < 4.78 is 6.42. The van der Waals surface area contributed by atoms with E-state index < -0.39 is 0 Å². The van der Waals surface area contributed by atoms with E-state index in [0.717, 1.165) is 60.5 Å². The Kier molecular flexibility index (Phi) is 6.78. The fourth-order valence-electron chi connectivity index (χ4n) is 6.99. The van der Waals surface area contributed by atoms with Crippen LogP contribution in [-0.4, -0.2) is 15.0 Å². The van der Waals surface area contributed by atoms with Crippen LogP contribution in [0.5, 0.6) is 0 Å². The molecule has 0 saturated carbocycles. The van der Waals surface area contributed by atoms with Crippen LogP contribution in [0.4, 0.5) is 0 Å². The lowest BCUT2D eigenvalue weighted by molar-refractivity contribution is 0.669. The van der Waals surface area contributed by atoms with Crippen molar-refractivity contribution in [3.8, 4) is 56.4 Å². The van der Waals surface area contributed by atoms with Crippen LogP contribution in [0.1, 0.15) is 0 Å². The van der Waals surface area contributed by atoms with Crippen LogP contribution in [0.15, 0.2) is 180 Å². The summed E-state index contributed by atoms with van der Waals surface area (Å²) >= 11 is 0. The zero-order valence-corrected chi connectivity index (χ0v) is 27.5. The van der Waals surface area contributed by atoms with Crippen molar-refractivity contribution >= 4 is 43.5 Å². The van der Waals surface area contributed by atoms with E-state index in [4.69, 9.17) is 19.4 Å². The van der Waals surface area contributed by atoms with Crippen molar-refractivity contribution in [2.45, 2.75) is 0 Å². The molecule has 8 aromatic carbocycles. The molecule has 0 aliphatic rings. The molecule has 10 rings (SSSR count). The highest BCUT2D eigenvalue weighted by molar-refractivity contribution is 6.10. The van der Waals surface area contributed by atoms with Gasteiger partial charge in [0.05, 0.1) is 0 Å². The lowest BCUT2D eigenvalue weighted by atomic mass is 9.99. The van der Waals surface area contributed by atoms with Gasteiger partial charge in [0.25, 0.3) is 0 Å². The van der Waals surface area contributed by atoms with E-state index in [2.05, 4.69) is 164 Å². The molecule has 0 N–H and O–H groups in total. The topological polar surface area (TPSA) is 51.8 Å². The van der Waals surface area contributed by atoms with E-state index in [-0.39, 0.29) is 0 Å². The normalized spacial score (nSPS) is 11.5. The average molecular weight is 652 g/mol. The molecular formula is C47H29N3O. The average Bonchev–Trinajstić information content (AvgIpc) is 3.56. The molecule has 0 unspecified atom stereocenters. The van der Waals surface area contributed by atoms with Crippen molar-refractivity contribution in [1.29, 1.82) is 0 Å². The molecule has 0 radical (unpaired) electrons. The summed E-state index contributed by atoms with van der Waals surface area (Å²) in [5.74, 6) is 1.83. The van der Waals surface area contributed by atoms with E-state index in [9.17, 15) is 0 Å². The molecule has 0 amide bonds. The Morgan fingerprint density at radius 3 is 1.35 bits per heavy atom. The molecule has 4 nitrogen and oxygen atoms in total. The van der Waals surface area contributed by atoms with Crippen molar-refractivity contribution in [2.75, 3.05) is 0 Å². The van der Waals surface area contributed by atoms with Gasteiger partial charge in [0, 0.05) is 27.5 Å². The van der Waals surface area contributed by atoms with E-state index >= 15 is 0 Å². The van der Waals surface area contributed by atoms with Crippen LogP contribution in [-0.2, 0) is 0 Å². The second-order valence-corrected chi connectivity index (χ2v) is 12.9. The fourth-order valence-corrected chi connectivity index (χ4v) is 6.99. The Labute approximate surface area is 294 Å². The van der Waals surface area contributed by atoms with Crippen LogP contribution >= 0.6 is 0 Å². The predicted octanol–water partition coefficient (Wildman–Crippen LogP) is 12.4. The van der Waals surface area contributed by atoms with Crippen LogP contribution in [0.2, 0.25) is 0 Å². The number of rotatable bonds is 5. The Morgan fingerprint density at radius 2 is 0.706 bits per heavy atom.